The van der Waals surface area contributed by atoms with Crippen LogP contribution in [-0.4, -0.2) is 9.78 Å². The van der Waals surface area contributed by atoms with Gasteiger partial charge >= 0.3 is 0 Å². The fourth-order valence-corrected chi connectivity index (χ4v) is 1.84. The number of benzene rings is 1. The van der Waals surface area contributed by atoms with Crippen LogP contribution in [0.1, 0.15) is 18.1 Å². The highest BCUT2D eigenvalue weighted by atomic mass is 15.2. The Morgan fingerprint density at radius 1 is 1.38 bits per heavy atom. The van der Waals surface area contributed by atoms with Crippen molar-refractivity contribution in [2.75, 3.05) is 0 Å². The summed E-state index contributed by atoms with van der Waals surface area (Å²) in [5.74, 6) is 0. The Labute approximate surface area is 78.2 Å². The molecular weight excluding hydrogens is 160 g/mol. The van der Waals surface area contributed by atoms with Crippen molar-refractivity contribution >= 4 is 10.9 Å². The van der Waals surface area contributed by atoms with Gasteiger partial charge in [-0.05, 0) is 30.5 Å². The SMILES string of the molecule is CCc1cc(C)c2c(cnn2C)c1. The van der Waals surface area contributed by atoms with Crippen molar-refractivity contribution < 1.29 is 0 Å². The Morgan fingerprint density at radius 3 is 2.85 bits per heavy atom. The van der Waals surface area contributed by atoms with E-state index >= 15 is 0 Å². The zero-order valence-electron chi connectivity index (χ0n) is 8.33. The molecule has 0 unspecified atom stereocenters. The second-order valence-corrected chi connectivity index (χ2v) is 3.47. The average molecular weight is 174 g/mol. The summed E-state index contributed by atoms with van der Waals surface area (Å²) in [6.45, 7) is 4.32. The van der Waals surface area contributed by atoms with Crippen molar-refractivity contribution in [2.24, 2.45) is 7.05 Å². The first-order valence-electron chi connectivity index (χ1n) is 4.63. The largest absolute Gasteiger partial charge is 0.268 e. The van der Waals surface area contributed by atoms with Crippen LogP contribution < -0.4 is 0 Å². The second kappa shape index (κ2) is 2.87. The molecule has 0 saturated carbocycles. The summed E-state index contributed by atoms with van der Waals surface area (Å²) >= 11 is 0. The second-order valence-electron chi connectivity index (χ2n) is 3.47. The number of nitrogens with zero attached hydrogens (tertiary/aromatic N) is 2. The Morgan fingerprint density at radius 2 is 2.15 bits per heavy atom. The van der Waals surface area contributed by atoms with Crippen molar-refractivity contribution in [3.05, 3.63) is 29.5 Å². The summed E-state index contributed by atoms with van der Waals surface area (Å²) in [5, 5.41) is 5.50. The van der Waals surface area contributed by atoms with Crippen LogP contribution in [0.4, 0.5) is 0 Å². The van der Waals surface area contributed by atoms with E-state index in [4.69, 9.17) is 0 Å². The predicted molar refractivity (Wildman–Crippen MR) is 54.8 cm³/mol. The lowest BCUT2D eigenvalue weighted by atomic mass is 10.1. The van der Waals surface area contributed by atoms with Gasteiger partial charge in [0.25, 0.3) is 0 Å². The van der Waals surface area contributed by atoms with Crippen LogP contribution in [0, 0.1) is 6.92 Å². The molecule has 68 valence electrons. The van der Waals surface area contributed by atoms with Crippen molar-refractivity contribution in [2.45, 2.75) is 20.3 Å². The molecule has 0 bridgehead atoms. The molecule has 0 radical (unpaired) electrons. The Bertz CT molecular complexity index is 441. The lowest BCUT2D eigenvalue weighted by Gasteiger charge is -2.02. The van der Waals surface area contributed by atoms with Gasteiger partial charge in [0, 0.05) is 12.4 Å². The zero-order chi connectivity index (χ0) is 9.42. The maximum atomic E-state index is 4.25. The van der Waals surface area contributed by atoms with E-state index in [0.717, 1.165) is 6.42 Å². The summed E-state index contributed by atoms with van der Waals surface area (Å²) in [6, 6.07) is 4.46. The van der Waals surface area contributed by atoms with E-state index in [0.29, 0.717) is 0 Å². The van der Waals surface area contributed by atoms with Gasteiger partial charge in [-0.25, -0.2) is 0 Å². The Balaban J connectivity index is 2.79. The molecule has 0 spiro atoms. The van der Waals surface area contributed by atoms with E-state index in [2.05, 4.69) is 31.1 Å². The summed E-state index contributed by atoms with van der Waals surface area (Å²) in [5.41, 5.74) is 3.95. The number of hydrogen-bond acceptors (Lipinski definition) is 1. The van der Waals surface area contributed by atoms with Gasteiger partial charge in [-0.3, -0.25) is 4.68 Å². The lowest BCUT2D eigenvalue weighted by Crippen LogP contribution is -1.92. The average Bonchev–Trinajstić information content (AvgIpc) is 2.48. The molecule has 1 aromatic heterocycles. The number of hydrogen-bond donors (Lipinski definition) is 0. The van der Waals surface area contributed by atoms with Gasteiger partial charge in [0.05, 0.1) is 11.7 Å². The van der Waals surface area contributed by atoms with Gasteiger partial charge in [-0.15, -0.1) is 0 Å². The van der Waals surface area contributed by atoms with Crippen LogP contribution in [-0.2, 0) is 13.5 Å². The Hall–Kier alpha value is -1.31. The molecule has 1 heterocycles. The zero-order valence-corrected chi connectivity index (χ0v) is 8.33. The van der Waals surface area contributed by atoms with Gasteiger partial charge in [-0.1, -0.05) is 13.0 Å². The standard InChI is InChI=1S/C11H14N2/c1-4-9-5-8(2)11-10(6-9)7-12-13(11)3/h5-7H,4H2,1-3H3. The molecule has 0 aliphatic rings. The summed E-state index contributed by atoms with van der Waals surface area (Å²) in [7, 11) is 1.99. The third-order valence-corrected chi connectivity index (χ3v) is 2.49. The van der Waals surface area contributed by atoms with E-state index in [1.54, 1.807) is 0 Å². The van der Waals surface area contributed by atoms with Gasteiger partial charge < -0.3 is 0 Å². The van der Waals surface area contributed by atoms with Crippen LogP contribution in [0.5, 0.6) is 0 Å². The lowest BCUT2D eigenvalue weighted by molar-refractivity contribution is 0.794. The predicted octanol–water partition coefficient (Wildman–Crippen LogP) is 2.44. The molecule has 0 N–H and O–H groups in total. The van der Waals surface area contributed by atoms with Crippen molar-refractivity contribution in [3.63, 3.8) is 0 Å². The van der Waals surface area contributed by atoms with Crippen LogP contribution in [0.2, 0.25) is 0 Å². The molecule has 13 heavy (non-hydrogen) atoms. The smallest absolute Gasteiger partial charge is 0.0708 e. The topological polar surface area (TPSA) is 17.8 Å². The molecule has 0 fully saturated rings. The third-order valence-electron chi connectivity index (χ3n) is 2.49. The molecule has 2 aromatic rings. The van der Waals surface area contributed by atoms with Crippen molar-refractivity contribution in [3.8, 4) is 0 Å². The summed E-state index contributed by atoms with van der Waals surface area (Å²) in [4.78, 5) is 0. The first-order valence-corrected chi connectivity index (χ1v) is 4.63. The molecular formula is C11H14N2. The molecule has 0 aliphatic carbocycles. The van der Waals surface area contributed by atoms with E-state index < -0.39 is 0 Å². The van der Waals surface area contributed by atoms with E-state index in [1.165, 1.54) is 22.0 Å². The van der Waals surface area contributed by atoms with Gasteiger partial charge in [-0.2, -0.15) is 5.10 Å². The monoisotopic (exact) mass is 174 g/mol. The quantitative estimate of drug-likeness (QED) is 0.649. The molecule has 0 amide bonds. The van der Waals surface area contributed by atoms with Crippen LogP contribution in [0.3, 0.4) is 0 Å². The molecule has 0 aliphatic heterocycles. The minimum Gasteiger partial charge on any atom is -0.268 e. The number of aromatic nitrogens is 2. The van der Waals surface area contributed by atoms with Gasteiger partial charge in [0.15, 0.2) is 0 Å². The van der Waals surface area contributed by atoms with Crippen molar-refractivity contribution in [1.29, 1.82) is 0 Å². The molecule has 0 atom stereocenters. The number of fused-ring (bicyclic) bond motifs is 1. The van der Waals surface area contributed by atoms with Crippen LogP contribution >= 0.6 is 0 Å². The highest BCUT2D eigenvalue weighted by Gasteiger charge is 2.03. The third kappa shape index (κ3) is 1.22. The van der Waals surface area contributed by atoms with Crippen LogP contribution in [0.15, 0.2) is 18.3 Å². The Kier molecular flexibility index (Phi) is 1.83. The minimum atomic E-state index is 1.09. The maximum Gasteiger partial charge on any atom is 0.0708 e. The number of aryl methyl sites for hydroxylation is 3. The normalized spacial score (nSPS) is 11.0. The summed E-state index contributed by atoms with van der Waals surface area (Å²) in [6.07, 6.45) is 3.02. The van der Waals surface area contributed by atoms with E-state index in [1.807, 2.05) is 17.9 Å². The molecule has 2 rings (SSSR count). The minimum absolute atomic E-state index is 1.09. The van der Waals surface area contributed by atoms with Gasteiger partial charge in [0.1, 0.15) is 0 Å². The first-order chi connectivity index (χ1) is 6.22. The fourth-order valence-electron chi connectivity index (χ4n) is 1.84. The highest BCUT2D eigenvalue weighted by molar-refractivity contribution is 5.82. The van der Waals surface area contributed by atoms with Gasteiger partial charge in [0.2, 0.25) is 0 Å². The number of rotatable bonds is 1. The summed E-state index contributed by atoms with van der Waals surface area (Å²) < 4.78 is 1.93. The van der Waals surface area contributed by atoms with E-state index in [9.17, 15) is 0 Å². The molecule has 1 aromatic carbocycles. The molecule has 2 nitrogen and oxygen atoms in total. The highest BCUT2D eigenvalue weighted by Crippen LogP contribution is 2.19. The van der Waals surface area contributed by atoms with Crippen LogP contribution in [0.25, 0.3) is 10.9 Å². The molecule has 2 heteroatoms. The maximum absolute atomic E-state index is 4.25. The van der Waals surface area contributed by atoms with E-state index in [-0.39, 0.29) is 0 Å². The fraction of sp³-hybridized carbons (Fsp3) is 0.364. The van der Waals surface area contributed by atoms with Crippen molar-refractivity contribution in [1.82, 2.24) is 9.78 Å². The molecule has 0 saturated heterocycles. The first kappa shape index (κ1) is 8.30.